The van der Waals surface area contributed by atoms with Gasteiger partial charge in [-0.05, 0) is 50.0 Å². The second-order valence-electron chi connectivity index (χ2n) is 4.36. The van der Waals surface area contributed by atoms with E-state index in [1.54, 1.807) is 0 Å². The summed E-state index contributed by atoms with van der Waals surface area (Å²) in [6.45, 7) is 4.80. The Hall–Kier alpha value is -0.570. The molecule has 16 heavy (non-hydrogen) atoms. The summed E-state index contributed by atoms with van der Waals surface area (Å²) in [4.78, 5) is 0. The van der Waals surface area contributed by atoms with Gasteiger partial charge in [0.1, 0.15) is 0 Å². The molecule has 1 aliphatic heterocycles. The number of rotatable bonds is 3. The highest BCUT2D eigenvalue weighted by Crippen LogP contribution is 2.20. The summed E-state index contributed by atoms with van der Waals surface area (Å²) in [6, 6.07) is 6.12. The van der Waals surface area contributed by atoms with E-state index in [2.05, 4.69) is 17.4 Å². The predicted molar refractivity (Wildman–Crippen MR) is 66.9 cm³/mol. The van der Waals surface area contributed by atoms with Crippen molar-refractivity contribution in [3.63, 3.8) is 0 Å². The first-order chi connectivity index (χ1) is 7.75. The van der Waals surface area contributed by atoms with Crippen LogP contribution in [0.2, 0.25) is 5.02 Å². The molecular weight excluding hydrogens is 222 g/mol. The maximum absolute atomic E-state index is 6.15. The number of benzene rings is 1. The van der Waals surface area contributed by atoms with Crippen LogP contribution in [0.5, 0.6) is 0 Å². The lowest BCUT2D eigenvalue weighted by molar-refractivity contribution is 0.0213. The maximum atomic E-state index is 6.15. The fourth-order valence-electron chi connectivity index (χ4n) is 1.94. The Morgan fingerprint density at radius 1 is 1.38 bits per heavy atom. The van der Waals surface area contributed by atoms with E-state index in [1.807, 2.05) is 13.0 Å². The molecule has 1 saturated heterocycles. The summed E-state index contributed by atoms with van der Waals surface area (Å²) in [5, 5.41) is 4.14. The zero-order valence-electron chi connectivity index (χ0n) is 9.63. The van der Waals surface area contributed by atoms with Crippen LogP contribution in [-0.2, 0) is 11.3 Å². The number of piperidine rings is 1. The lowest BCUT2D eigenvalue weighted by atomic mass is 10.1. The van der Waals surface area contributed by atoms with Crippen molar-refractivity contribution in [3.05, 3.63) is 34.3 Å². The SMILES string of the molecule is Cc1ccc(COC2CCNCC2)c(Cl)c1. The van der Waals surface area contributed by atoms with E-state index in [0.717, 1.165) is 36.5 Å². The molecule has 0 radical (unpaired) electrons. The van der Waals surface area contributed by atoms with Gasteiger partial charge in [-0.3, -0.25) is 0 Å². The van der Waals surface area contributed by atoms with Crippen LogP contribution >= 0.6 is 11.6 Å². The first-order valence-corrected chi connectivity index (χ1v) is 6.21. The zero-order valence-corrected chi connectivity index (χ0v) is 10.4. The quantitative estimate of drug-likeness (QED) is 0.876. The fraction of sp³-hybridized carbons (Fsp3) is 0.538. The molecule has 0 atom stereocenters. The average Bonchev–Trinajstić information content (AvgIpc) is 2.29. The van der Waals surface area contributed by atoms with Crippen molar-refractivity contribution < 1.29 is 4.74 Å². The van der Waals surface area contributed by atoms with Crippen LogP contribution in [0.4, 0.5) is 0 Å². The van der Waals surface area contributed by atoms with E-state index < -0.39 is 0 Å². The molecule has 2 nitrogen and oxygen atoms in total. The Bertz CT molecular complexity index is 348. The first kappa shape index (κ1) is 11.9. The topological polar surface area (TPSA) is 21.3 Å². The van der Waals surface area contributed by atoms with E-state index in [9.17, 15) is 0 Å². The van der Waals surface area contributed by atoms with E-state index in [1.165, 1.54) is 5.56 Å². The van der Waals surface area contributed by atoms with E-state index in [0.29, 0.717) is 12.7 Å². The van der Waals surface area contributed by atoms with Gasteiger partial charge in [0.25, 0.3) is 0 Å². The molecule has 0 unspecified atom stereocenters. The molecule has 1 N–H and O–H groups in total. The molecule has 1 aromatic carbocycles. The molecule has 3 heteroatoms. The smallest absolute Gasteiger partial charge is 0.0735 e. The van der Waals surface area contributed by atoms with Crippen molar-refractivity contribution in [2.75, 3.05) is 13.1 Å². The standard InChI is InChI=1S/C13H18ClNO/c1-10-2-3-11(13(14)8-10)9-16-12-4-6-15-7-5-12/h2-3,8,12,15H,4-7,9H2,1H3. The summed E-state index contributed by atoms with van der Waals surface area (Å²) in [5.74, 6) is 0. The Morgan fingerprint density at radius 3 is 2.81 bits per heavy atom. The van der Waals surface area contributed by atoms with Crippen LogP contribution < -0.4 is 5.32 Å². The minimum absolute atomic E-state index is 0.388. The molecule has 1 heterocycles. The highest BCUT2D eigenvalue weighted by Gasteiger charge is 2.13. The second kappa shape index (κ2) is 5.67. The number of aryl methyl sites for hydroxylation is 1. The van der Waals surface area contributed by atoms with Gasteiger partial charge < -0.3 is 10.1 Å². The van der Waals surface area contributed by atoms with Gasteiger partial charge in [-0.2, -0.15) is 0 Å². The number of nitrogens with one attached hydrogen (secondary N) is 1. The van der Waals surface area contributed by atoms with Gasteiger partial charge in [0.05, 0.1) is 12.7 Å². The summed E-state index contributed by atoms with van der Waals surface area (Å²) < 4.78 is 5.87. The third-order valence-electron chi connectivity index (χ3n) is 2.97. The minimum Gasteiger partial charge on any atom is -0.373 e. The van der Waals surface area contributed by atoms with Crippen molar-refractivity contribution in [2.24, 2.45) is 0 Å². The third kappa shape index (κ3) is 3.21. The van der Waals surface area contributed by atoms with Crippen molar-refractivity contribution in [1.29, 1.82) is 0 Å². The molecule has 1 aromatic rings. The molecule has 1 aliphatic rings. The van der Waals surface area contributed by atoms with Crippen LogP contribution in [0.25, 0.3) is 0 Å². The third-order valence-corrected chi connectivity index (χ3v) is 3.32. The van der Waals surface area contributed by atoms with Gasteiger partial charge in [-0.15, -0.1) is 0 Å². The van der Waals surface area contributed by atoms with Gasteiger partial charge >= 0.3 is 0 Å². The summed E-state index contributed by atoms with van der Waals surface area (Å²) in [7, 11) is 0. The molecule has 2 rings (SSSR count). The Kier molecular flexibility index (Phi) is 4.22. The van der Waals surface area contributed by atoms with Crippen LogP contribution in [0.3, 0.4) is 0 Å². The lowest BCUT2D eigenvalue weighted by Gasteiger charge is -2.23. The maximum Gasteiger partial charge on any atom is 0.0735 e. The van der Waals surface area contributed by atoms with Crippen LogP contribution in [0.1, 0.15) is 24.0 Å². The monoisotopic (exact) mass is 239 g/mol. The molecule has 0 amide bonds. The normalized spacial score (nSPS) is 17.6. The van der Waals surface area contributed by atoms with E-state index in [-0.39, 0.29) is 0 Å². The Morgan fingerprint density at radius 2 is 2.12 bits per heavy atom. The van der Waals surface area contributed by atoms with Gasteiger partial charge in [0.2, 0.25) is 0 Å². The summed E-state index contributed by atoms with van der Waals surface area (Å²) in [6.07, 6.45) is 2.59. The lowest BCUT2D eigenvalue weighted by Crippen LogP contribution is -2.32. The summed E-state index contributed by atoms with van der Waals surface area (Å²) in [5.41, 5.74) is 2.28. The average molecular weight is 240 g/mol. The van der Waals surface area contributed by atoms with Crippen LogP contribution in [-0.4, -0.2) is 19.2 Å². The fourth-order valence-corrected chi connectivity index (χ4v) is 2.23. The highest BCUT2D eigenvalue weighted by atomic mass is 35.5. The van der Waals surface area contributed by atoms with Gasteiger partial charge in [-0.1, -0.05) is 23.7 Å². The Labute approximate surface area is 102 Å². The number of hydrogen-bond donors (Lipinski definition) is 1. The molecule has 1 fully saturated rings. The van der Waals surface area contributed by atoms with Crippen LogP contribution in [0, 0.1) is 6.92 Å². The van der Waals surface area contributed by atoms with Crippen LogP contribution in [0.15, 0.2) is 18.2 Å². The first-order valence-electron chi connectivity index (χ1n) is 5.83. The number of halogens is 1. The van der Waals surface area contributed by atoms with Crippen molar-refractivity contribution in [3.8, 4) is 0 Å². The van der Waals surface area contributed by atoms with Gasteiger partial charge in [-0.25, -0.2) is 0 Å². The molecule has 0 aliphatic carbocycles. The summed E-state index contributed by atoms with van der Waals surface area (Å²) >= 11 is 6.15. The molecule has 0 saturated carbocycles. The molecule has 0 spiro atoms. The number of ether oxygens (including phenoxy) is 1. The van der Waals surface area contributed by atoms with Crippen molar-refractivity contribution in [2.45, 2.75) is 32.5 Å². The van der Waals surface area contributed by atoms with Crippen molar-refractivity contribution in [1.82, 2.24) is 5.32 Å². The zero-order chi connectivity index (χ0) is 11.4. The molecule has 88 valence electrons. The van der Waals surface area contributed by atoms with E-state index in [4.69, 9.17) is 16.3 Å². The van der Waals surface area contributed by atoms with Gasteiger partial charge in [0, 0.05) is 5.02 Å². The molecular formula is C13H18ClNO. The van der Waals surface area contributed by atoms with Gasteiger partial charge in [0.15, 0.2) is 0 Å². The second-order valence-corrected chi connectivity index (χ2v) is 4.76. The number of hydrogen-bond acceptors (Lipinski definition) is 2. The van der Waals surface area contributed by atoms with E-state index >= 15 is 0 Å². The molecule has 0 bridgehead atoms. The Balaban J connectivity index is 1.88. The highest BCUT2D eigenvalue weighted by molar-refractivity contribution is 6.31. The van der Waals surface area contributed by atoms with Crippen molar-refractivity contribution >= 4 is 11.6 Å². The molecule has 0 aromatic heterocycles. The predicted octanol–water partition coefficient (Wildman–Crippen LogP) is 2.92. The minimum atomic E-state index is 0.388. The largest absolute Gasteiger partial charge is 0.373 e.